The van der Waals surface area contributed by atoms with Crippen LogP contribution in [0.5, 0.6) is 11.5 Å². The van der Waals surface area contributed by atoms with Crippen LogP contribution in [0.15, 0.2) is 78.0 Å². The highest BCUT2D eigenvalue weighted by atomic mass is 16.5. The fourth-order valence-corrected chi connectivity index (χ4v) is 4.20. The molecule has 160 valence electrons. The van der Waals surface area contributed by atoms with E-state index in [2.05, 4.69) is 35.3 Å². The van der Waals surface area contributed by atoms with Gasteiger partial charge in [-0.1, -0.05) is 18.2 Å². The molecule has 1 unspecified atom stereocenters. The van der Waals surface area contributed by atoms with Crippen LogP contribution in [0.25, 0.3) is 11.1 Å². The van der Waals surface area contributed by atoms with Crippen LogP contribution in [-0.2, 0) is 0 Å². The Hall–Kier alpha value is -3.93. The Balaban J connectivity index is 1.67. The topological polar surface area (TPSA) is 61.5 Å². The van der Waals surface area contributed by atoms with E-state index in [1.807, 2.05) is 48.1 Å². The summed E-state index contributed by atoms with van der Waals surface area (Å²) in [6, 6.07) is 20.2. The lowest BCUT2D eigenvalue weighted by Gasteiger charge is -2.25. The maximum absolute atomic E-state index is 5.33. The second kappa shape index (κ2) is 8.30. The summed E-state index contributed by atoms with van der Waals surface area (Å²) in [5.74, 6) is 2.51. The first-order chi connectivity index (χ1) is 15.7. The van der Waals surface area contributed by atoms with Gasteiger partial charge in [-0.15, -0.1) is 0 Å². The molecule has 0 aliphatic carbocycles. The van der Waals surface area contributed by atoms with Gasteiger partial charge in [0.05, 0.1) is 31.7 Å². The Morgan fingerprint density at radius 3 is 2.12 bits per heavy atom. The second-order valence-electron chi connectivity index (χ2n) is 7.75. The fraction of sp³-hybridized carbons (Fsp3) is 0.192. The number of aryl methyl sites for hydroxylation is 1. The zero-order valence-electron chi connectivity index (χ0n) is 18.3. The van der Waals surface area contributed by atoms with Gasteiger partial charge in [0.1, 0.15) is 11.5 Å². The predicted molar refractivity (Wildman–Crippen MR) is 125 cm³/mol. The number of fused-ring (bicyclic) bond motifs is 1. The van der Waals surface area contributed by atoms with Crippen LogP contribution in [0.3, 0.4) is 0 Å². The molecule has 32 heavy (non-hydrogen) atoms. The minimum Gasteiger partial charge on any atom is -0.497 e. The summed E-state index contributed by atoms with van der Waals surface area (Å²) in [5.41, 5.74) is 6.24. The highest BCUT2D eigenvalue weighted by Crippen LogP contribution is 2.42. The van der Waals surface area contributed by atoms with Crippen molar-refractivity contribution < 1.29 is 9.47 Å². The molecule has 1 aliphatic heterocycles. The van der Waals surface area contributed by atoms with E-state index < -0.39 is 0 Å². The van der Waals surface area contributed by atoms with E-state index >= 15 is 0 Å². The smallest absolute Gasteiger partial charge is 0.159 e. The molecule has 0 saturated carbocycles. The molecular weight excluding hydrogens is 400 g/mol. The Morgan fingerprint density at radius 1 is 0.875 bits per heavy atom. The third-order valence-electron chi connectivity index (χ3n) is 5.85. The first kappa shape index (κ1) is 20.0. The standard InChI is InChI=1S/C26H24N4O2/c1-17-25(19-8-12-22(32-3)13-9-19)26-28-23(18-6-10-21(31-2)11-7-18)15-24(30(26)29-17)20-5-4-14-27-16-20/h4-14,16,24H,15H2,1-3H3. The van der Waals surface area contributed by atoms with Gasteiger partial charge in [0.25, 0.3) is 0 Å². The highest BCUT2D eigenvalue weighted by molar-refractivity contribution is 6.04. The lowest BCUT2D eigenvalue weighted by atomic mass is 9.96. The zero-order valence-corrected chi connectivity index (χ0v) is 18.3. The summed E-state index contributed by atoms with van der Waals surface area (Å²) in [7, 11) is 3.35. The highest BCUT2D eigenvalue weighted by Gasteiger charge is 2.29. The van der Waals surface area contributed by atoms with Gasteiger partial charge in [-0.3, -0.25) is 4.98 Å². The summed E-state index contributed by atoms with van der Waals surface area (Å²) in [5, 5.41) is 4.91. The molecule has 0 saturated heterocycles. The van der Waals surface area contributed by atoms with Crippen molar-refractivity contribution in [2.45, 2.75) is 19.4 Å². The second-order valence-corrected chi connectivity index (χ2v) is 7.75. The molecule has 1 aliphatic rings. The van der Waals surface area contributed by atoms with Crippen molar-refractivity contribution in [3.05, 3.63) is 89.9 Å². The van der Waals surface area contributed by atoms with Crippen molar-refractivity contribution in [1.29, 1.82) is 0 Å². The molecule has 2 aromatic carbocycles. The van der Waals surface area contributed by atoms with Gasteiger partial charge in [0, 0.05) is 24.4 Å². The monoisotopic (exact) mass is 424 g/mol. The lowest BCUT2D eigenvalue weighted by Crippen LogP contribution is -2.21. The molecule has 5 rings (SSSR count). The lowest BCUT2D eigenvalue weighted by molar-refractivity contribution is 0.414. The number of aromatic nitrogens is 3. The maximum atomic E-state index is 5.33. The summed E-state index contributed by atoms with van der Waals surface area (Å²) in [6.45, 7) is 2.04. The molecule has 0 amide bonds. The molecule has 6 heteroatoms. The average molecular weight is 425 g/mol. The van der Waals surface area contributed by atoms with Crippen molar-refractivity contribution in [1.82, 2.24) is 14.8 Å². The molecule has 0 fully saturated rings. The molecule has 0 N–H and O–H groups in total. The minimum atomic E-state index is 0.0130. The van der Waals surface area contributed by atoms with E-state index in [0.29, 0.717) is 0 Å². The van der Waals surface area contributed by atoms with Crippen molar-refractivity contribution in [3.8, 4) is 22.6 Å². The summed E-state index contributed by atoms with van der Waals surface area (Å²) in [6.07, 6.45) is 4.44. The van der Waals surface area contributed by atoms with Crippen LogP contribution in [0, 0.1) is 6.92 Å². The van der Waals surface area contributed by atoms with Gasteiger partial charge >= 0.3 is 0 Å². The van der Waals surface area contributed by atoms with Crippen LogP contribution in [0.4, 0.5) is 5.82 Å². The molecule has 0 spiro atoms. The number of hydrogen-bond acceptors (Lipinski definition) is 5. The van der Waals surface area contributed by atoms with Crippen molar-refractivity contribution in [3.63, 3.8) is 0 Å². The minimum absolute atomic E-state index is 0.0130. The molecule has 0 radical (unpaired) electrons. The normalized spacial score (nSPS) is 15.1. The Labute approximate surface area is 187 Å². The zero-order chi connectivity index (χ0) is 22.1. The Bertz CT molecular complexity index is 1260. The van der Waals surface area contributed by atoms with E-state index in [1.54, 1.807) is 20.4 Å². The van der Waals surface area contributed by atoms with Gasteiger partial charge in [-0.25, -0.2) is 9.67 Å². The van der Waals surface area contributed by atoms with E-state index in [-0.39, 0.29) is 6.04 Å². The molecule has 4 aromatic rings. The quantitative estimate of drug-likeness (QED) is 0.431. The number of rotatable bonds is 5. The van der Waals surface area contributed by atoms with Crippen LogP contribution >= 0.6 is 0 Å². The third-order valence-corrected chi connectivity index (χ3v) is 5.85. The van der Waals surface area contributed by atoms with Crippen molar-refractivity contribution in [2.75, 3.05) is 14.2 Å². The maximum Gasteiger partial charge on any atom is 0.159 e. The Morgan fingerprint density at radius 2 is 1.53 bits per heavy atom. The number of hydrogen-bond donors (Lipinski definition) is 0. The van der Waals surface area contributed by atoms with Crippen LogP contribution in [-0.4, -0.2) is 34.7 Å². The van der Waals surface area contributed by atoms with Crippen molar-refractivity contribution >= 4 is 11.5 Å². The Kier molecular flexibility index (Phi) is 5.19. The predicted octanol–water partition coefficient (Wildman–Crippen LogP) is 5.38. The van der Waals surface area contributed by atoms with E-state index in [0.717, 1.165) is 57.4 Å². The number of pyridine rings is 1. The average Bonchev–Trinajstić information content (AvgIpc) is 3.19. The number of ether oxygens (including phenoxy) is 2. The molecule has 3 heterocycles. The van der Waals surface area contributed by atoms with Crippen molar-refractivity contribution in [2.24, 2.45) is 4.99 Å². The van der Waals surface area contributed by atoms with Crippen LogP contribution in [0.1, 0.15) is 29.3 Å². The number of methoxy groups -OCH3 is 2. The number of nitrogens with zero attached hydrogens (tertiary/aromatic N) is 4. The third kappa shape index (κ3) is 3.54. The first-order valence-corrected chi connectivity index (χ1v) is 10.5. The summed E-state index contributed by atoms with van der Waals surface area (Å²) in [4.78, 5) is 9.46. The molecular formula is C26H24N4O2. The van der Waals surface area contributed by atoms with Gasteiger partial charge in [0.2, 0.25) is 0 Å². The van der Waals surface area contributed by atoms with Crippen LogP contribution in [0.2, 0.25) is 0 Å². The summed E-state index contributed by atoms with van der Waals surface area (Å²) < 4.78 is 12.7. The number of benzene rings is 2. The van der Waals surface area contributed by atoms with Gasteiger partial charge < -0.3 is 9.47 Å². The molecule has 1 atom stereocenters. The van der Waals surface area contributed by atoms with Gasteiger partial charge in [0.15, 0.2) is 5.82 Å². The SMILES string of the molecule is COc1ccc(C2=Nc3c(-c4ccc(OC)cc4)c(C)nn3C(c3cccnc3)C2)cc1. The molecule has 2 aromatic heterocycles. The van der Waals surface area contributed by atoms with E-state index in [1.165, 1.54) is 0 Å². The van der Waals surface area contributed by atoms with E-state index in [9.17, 15) is 0 Å². The largest absolute Gasteiger partial charge is 0.497 e. The first-order valence-electron chi connectivity index (χ1n) is 10.5. The summed E-state index contributed by atoms with van der Waals surface area (Å²) >= 11 is 0. The van der Waals surface area contributed by atoms with E-state index in [4.69, 9.17) is 19.6 Å². The van der Waals surface area contributed by atoms with Crippen LogP contribution < -0.4 is 9.47 Å². The molecule has 0 bridgehead atoms. The fourth-order valence-electron chi connectivity index (χ4n) is 4.20. The van der Waals surface area contributed by atoms with Gasteiger partial charge in [-0.05, 0) is 66.1 Å². The molecule has 6 nitrogen and oxygen atoms in total. The number of aliphatic imine (C=N–C) groups is 1. The van der Waals surface area contributed by atoms with Gasteiger partial charge in [-0.2, -0.15) is 5.10 Å².